The van der Waals surface area contributed by atoms with Crippen molar-refractivity contribution in [2.24, 2.45) is 5.41 Å². The number of hydrogen-bond donors (Lipinski definition) is 1. The van der Waals surface area contributed by atoms with Crippen LogP contribution in [0.5, 0.6) is 0 Å². The Morgan fingerprint density at radius 3 is 2.64 bits per heavy atom. The minimum Gasteiger partial charge on any atom is -0.294 e. The maximum absolute atomic E-state index is 14.0. The Bertz CT molecular complexity index is 849. The van der Waals surface area contributed by atoms with Crippen molar-refractivity contribution in [3.63, 3.8) is 0 Å². The SMILES string of the molecule is CC12CC[C@@H](c3c1[nH]n(-c1ccc(F)cc1F)c3=O)C2(C)C. The normalized spacial score (nSPS) is 28.1. The Labute approximate surface area is 126 Å². The van der Waals surface area contributed by atoms with Gasteiger partial charge in [-0.25, -0.2) is 13.5 Å². The summed E-state index contributed by atoms with van der Waals surface area (Å²) < 4.78 is 28.3. The van der Waals surface area contributed by atoms with Crippen LogP contribution >= 0.6 is 0 Å². The van der Waals surface area contributed by atoms with Gasteiger partial charge in [-0.2, -0.15) is 0 Å². The molecular formula is C17H18F2N2O. The van der Waals surface area contributed by atoms with Gasteiger partial charge >= 0.3 is 0 Å². The number of hydrogen-bond acceptors (Lipinski definition) is 1. The van der Waals surface area contributed by atoms with E-state index in [4.69, 9.17) is 0 Å². The molecule has 5 heteroatoms. The summed E-state index contributed by atoms with van der Waals surface area (Å²) in [5, 5.41) is 3.11. The van der Waals surface area contributed by atoms with Gasteiger partial charge in [0.1, 0.15) is 11.5 Å². The summed E-state index contributed by atoms with van der Waals surface area (Å²) in [5.41, 5.74) is 1.48. The van der Waals surface area contributed by atoms with Gasteiger partial charge in [-0.05, 0) is 36.3 Å². The summed E-state index contributed by atoms with van der Waals surface area (Å²) in [4.78, 5) is 12.8. The second kappa shape index (κ2) is 3.89. The Hall–Kier alpha value is -1.91. The van der Waals surface area contributed by atoms with Crippen LogP contribution in [0.4, 0.5) is 8.78 Å². The highest BCUT2D eigenvalue weighted by molar-refractivity contribution is 5.46. The maximum atomic E-state index is 14.0. The van der Waals surface area contributed by atoms with Crippen LogP contribution in [-0.2, 0) is 5.41 Å². The van der Waals surface area contributed by atoms with Crippen molar-refractivity contribution in [1.29, 1.82) is 0 Å². The van der Waals surface area contributed by atoms with Crippen LogP contribution in [0.1, 0.15) is 50.8 Å². The second-order valence-corrected chi connectivity index (χ2v) is 7.28. The lowest BCUT2D eigenvalue weighted by Gasteiger charge is -2.34. The average Bonchev–Trinajstić information content (AvgIpc) is 2.94. The van der Waals surface area contributed by atoms with Gasteiger partial charge in [0.25, 0.3) is 5.56 Å². The Morgan fingerprint density at radius 2 is 2.00 bits per heavy atom. The largest absolute Gasteiger partial charge is 0.294 e. The van der Waals surface area contributed by atoms with Gasteiger partial charge in [0, 0.05) is 22.7 Å². The molecule has 22 heavy (non-hydrogen) atoms. The van der Waals surface area contributed by atoms with Gasteiger partial charge < -0.3 is 0 Å². The van der Waals surface area contributed by atoms with E-state index in [1.807, 2.05) is 0 Å². The Kier molecular flexibility index (Phi) is 2.43. The molecule has 2 atom stereocenters. The molecule has 1 saturated carbocycles. The first-order valence-corrected chi connectivity index (χ1v) is 7.58. The van der Waals surface area contributed by atoms with Gasteiger partial charge in [-0.3, -0.25) is 9.89 Å². The summed E-state index contributed by atoms with van der Waals surface area (Å²) in [5.74, 6) is -1.19. The summed E-state index contributed by atoms with van der Waals surface area (Å²) >= 11 is 0. The van der Waals surface area contributed by atoms with E-state index in [-0.39, 0.29) is 28.0 Å². The second-order valence-electron chi connectivity index (χ2n) is 7.28. The van der Waals surface area contributed by atoms with Crippen LogP contribution in [0.2, 0.25) is 0 Å². The number of benzene rings is 1. The number of aromatic nitrogens is 2. The molecule has 1 aromatic heterocycles. The molecule has 0 saturated heterocycles. The molecule has 1 N–H and O–H groups in total. The Morgan fingerprint density at radius 1 is 1.27 bits per heavy atom. The highest BCUT2D eigenvalue weighted by Crippen LogP contribution is 2.66. The summed E-state index contributed by atoms with van der Waals surface area (Å²) in [6.45, 7) is 6.56. The summed E-state index contributed by atoms with van der Waals surface area (Å²) in [6, 6.07) is 3.26. The van der Waals surface area contributed by atoms with E-state index in [0.29, 0.717) is 0 Å². The molecule has 0 amide bonds. The zero-order chi connectivity index (χ0) is 15.9. The number of rotatable bonds is 1. The van der Waals surface area contributed by atoms with Crippen LogP contribution in [0.3, 0.4) is 0 Å². The number of H-pyrrole nitrogens is 1. The fourth-order valence-corrected chi connectivity index (χ4v) is 4.48. The van der Waals surface area contributed by atoms with Gasteiger partial charge in [-0.1, -0.05) is 20.8 Å². The zero-order valence-corrected chi connectivity index (χ0v) is 12.8. The van der Waals surface area contributed by atoms with Gasteiger partial charge in [0.15, 0.2) is 5.82 Å². The van der Waals surface area contributed by atoms with Crippen LogP contribution in [0, 0.1) is 17.0 Å². The first-order chi connectivity index (χ1) is 10.3. The van der Waals surface area contributed by atoms with Crippen molar-refractivity contribution < 1.29 is 8.78 Å². The third kappa shape index (κ3) is 1.37. The Balaban J connectivity index is 1.96. The number of halogens is 2. The molecule has 2 aliphatic rings. The van der Waals surface area contributed by atoms with Crippen molar-refractivity contribution in [3.8, 4) is 5.69 Å². The molecule has 4 rings (SSSR count). The van der Waals surface area contributed by atoms with E-state index < -0.39 is 11.6 Å². The molecule has 1 heterocycles. The fraction of sp³-hybridized carbons (Fsp3) is 0.471. The molecule has 0 aliphatic heterocycles. The molecule has 116 valence electrons. The molecule has 0 spiro atoms. The predicted molar refractivity (Wildman–Crippen MR) is 79.4 cm³/mol. The van der Waals surface area contributed by atoms with E-state index in [0.717, 1.165) is 36.2 Å². The molecule has 1 aromatic carbocycles. The van der Waals surface area contributed by atoms with Gasteiger partial charge in [0.05, 0.1) is 0 Å². The average molecular weight is 304 g/mol. The van der Waals surface area contributed by atoms with Gasteiger partial charge in [-0.15, -0.1) is 0 Å². The number of aromatic amines is 1. The van der Waals surface area contributed by atoms with Crippen LogP contribution < -0.4 is 5.56 Å². The molecule has 2 bridgehead atoms. The minimum atomic E-state index is -0.737. The van der Waals surface area contributed by atoms with Gasteiger partial charge in [0.2, 0.25) is 0 Å². The topological polar surface area (TPSA) is 37.8 Å². The van der Waals surface area contributed by atoms with Crippen LogP contribution in [-0.4, -0.2) is 9.78 Å². The van der Waals surface area contributed by atoms with E-state index in [2.05, 4.69) is 25.9 Å². The molecule has 2 aliphatic carbocycles. The lowest BCUT2D eigenvalue weighted by atomic mass is 9.70. The third-order valence-electron chi connectivity index (χ3n) is 6.20. The van der Waals surface area contributed by atoms with E-state index >= 15 is 0 Å². The molecule has 1 unspecified atom stereocenters. The highest BCUT2D eigenvalue weighted by Gasteiger charge is 2.61. The lowest BCUT2D eigenvalue weighted by molar-refractivity contribution is 0.224. The predicted octanol–water partition coefficient (Wildman–Crippen LogP) is 3.62. The first-order valence-electron chi connectivity index (χ1n) is 7.58. The van der Waals surface area contributed by atoms with Crippen molar-refractivity contribution in [1.82, 2.24) is 9.78 Å². The standard InChI is InChI=1S/C17H18F2N2O/c1-16(2)10-6-7-17(16,3)14-13(10)15(22)21(20-14)12-5-4-9(18)8-11(12)19/h4-5,8,10,20H,6-7H2,1-3H3/t10-,17?/m0/s1. The first kappa shape index (κ1) is 13.7. The number of fused-ring (bicyclic) bond motifs is 5. The zero-order valence-electron chi connectivity index (χ0n) is 12.8. The smallest absolute Gasteiger partial charge is 0.275 e. The molecule has 1 fully saturated rings. The molecule has 2 aromatic rings. The maximum Gasteiger partial charge on any atom is 0.275 e. The van der Waals surface area contributed by atoms with Crippen molar-refractivity contribution in [2.45, 2.75) is 44.9 Å². The number of nitrogens with zero attached hydrogens (tertiary/aromatic N) is 1. The van der Waals surface area contributed by atoms with Crippen molar-refractivity contribution in [2.75, 3.05) is 0 Å². The fourth-order valence-electron chi connectivity index (χ4n) is 4.48. The monoisotopic (exact) mass is 304 g/mol. The molecule has 3 nitrogen and oxygen atoms in total. The molecule has 0 radical (unpaired) electrons. The minimum absolute atomic E-state index is 0.0216. The van der Waals surface area contributed by atoms with Crippen LogP contribution in [0.15, 0.2) is 23.0 Å². The van der Waals surface area contributed by atoms with Crippen LogP contribution in [0.25, 0.3) is 5.69 Å². The molecular weight excluding hydrogens is 286 g/mol. The summed E-state index contributed by atoms with van der Waals surface area (Å²) in [7, 11) is 0. The van der Waals surface area contributed by atoms with Crippen molar-refractivity contribution >= 4 is 0 Å². The quantitative estimate of drug-likeness (QED) is 0.858. The summed E-state index contributed by atoms with van der Waals surface area (Å²) in [6.07, 6.45) is 2.00. The van der Waals surface area contributed by atoms with E-state index in [9.17, 15) is 13.6 Å². The number of nitrogens with one attached hydrogen (secondary N) is 1. The lowest BCUT2D eigenvalue weighted by Crippen LogP contribution is -2.33. The van der Waals surface area contributed by atoms with Crippen molar-refractivity contribution in [3.05, 3.63) is 51.4 Å². The third-order valence-corrected chi connectivity index (χ3v) is 6.20. The van der Waals surface area contributed by atoms with E-state index in [1.165, 1.54) is 10.7 Å². The highest BCUT2D eigenvalue weighted by atomic mass is 19.1. The van der Waals surface area contributed by atoms with E-state index in [1.54, 1.807) is 0 Å².